The number of alkyl halides is 3. The Balaban J connectivity index is 1.89. The first-order valence-electron chi connectivity index (χ1n) is 8.94. The number of anilines is 3. The summed E-state index contributed by atoms with van der Waals surface area (Å²) in [5, 5.41) is 13.1. The Labute approximate surface area is 165 Å². The van der Waals surface area contributed by atoms with Crippen LogP contribution >= 0.6 is 0 Å². The second-order valence-electron chi connectivity index (χ2n) is 7.09. The minimum absolute atomic E-state index is 0.0311. The number of halogens is 3. The van der Waals surface area contributed by atoms with Gasteiger partial charge in [0.1, 0.15) is 11.6 Å². The molecule has 0 N–H and O–H groups in total. The number of rotatable bonds is 1. The predicted octanol–water partition coefficient (Wildman–Crippen LogP) is 6.08. The fraction of sp³-hybridized carbons (Fsp3) is 0.0476. The average Bonchev–Trinajstić information content (AvgIpc) is 2.71. The summed E-state index contributed by atoms with van der Waals surface area (Å²) in [5.41, 5.74) is 0.138. The molecule has 0 atom stereocenters. The van der Waals surface area contributed by atoms with Crippen LogP contribution in [-0.2, 0) is 6.18 Å². The van der Waals surface area contributed by atoms with Gasteiger partial charge < -0.3 is 0 Å². The number of non-ortho nitro benzene ring substituents is 1. The summed E-state index contributed by atoms with van der Waals surface area (Å²) >= 11 is 0. The molecule has 0 saturated carbocycles. The largest absolute Gasteiger partial charge is 0.417 e. The van der Waals surface area contributed by atoms with Crippen molar-refractivity contribution in [2.75, 3.05) is 4.90 Å². The summed E-state index contributed by atoms with van der Waals surface area (Å²) in [4.78, 5) is 21.2. The van der Waals surface area contributed by atoms with Gasteiger partial charge in [-0.2, -0.15) is 13.2 Å². The molecule has 0 amide bonds. The lowest BCUT2D eigenvalue weighted by Gasteiger charge is -2.33. The summed E-state index contributed by atoms with van der Waals surface area (Å²) in [6, 6.07) is 13.6. The number of hydrogen-bond acceptors (Lipinski definition) is 5. The highest BCUT2D eigenvalue weighted by molar-refractivity contribution is 6.18. The smallest absolute Gasteiger partial charge is 0.277 e. The molecule has 3 aliphatic rings. The molecule has 0 saturated heterocycles. The summed E-state index contributed by atoms with van der Waals surface area (Å²) in [6.45, 7) is 0. The van der Waals surface area contributed by atoms with Crippen molar-refractivity contribution in [3.8, 4) is 0 Å². The van der Waals surface area contributed by atoms with Crippen molar-refractivity contribution in [2.45, 2.75) is 6.18 Å². The van der Waals surface area contributed by atoms with E-state index in [1.54, 1.807) is 23.1 Å². The van der Waals surface area contributed by atoms with Crippen LogP contribution in [0.1, 0.15) is 5.56 Å². The predicted molar refractivity (Wildman–Crippen MR) is 106 cm³/mol. The topological polar surface area (TPSA) is 72.2 Å². The van der Waals surface area contributed by atoms with Crippen LogP contribution < -0.4 is 4.90 Å². The van der Waals surface area contributed by atoms with E-state index >= 15 is 0 Å². The maximum atomic E-state index is 13.9. The molecule has 3 heterocycles. The van der Waals surface area contributed by atoms with Crippen molar-refractivity contribution in [3.63, 3.8) is 0 Å². The van der Waals surface area contributed by atoms with Gasteiger partial charge in [-0.1, -0.05) is 24.3 Å². The summed E-state index contributed by atoms with van der Waals surface area (Å²) in [7, 11) is 0. The zero-order chi connectivity index (χ0) is 20.8. The zero-order valence-corrected chi connectivity index (χ0v) is 14.9. The third-order valence-electron chi connectivity index (χ3n) is 5.42. The fourth-order valence-corrected chi connectivity index (χ4v) is 4.18. The second kappa shape index (κ2) is 5.32. The van der Waals surface area contributed by atoms with Gasteiger partial charge in [0.05, 0.1) is 27.2 Å². The minimum Gasteiger partial charge on any atom is -0.277 e. The molecule has 0 radical (unpaired) electrons. The molecule has 3 aromatic carbocycles. The molecule has 0 fully saturated rings. The van der Waals surface area contributed by atoms with E-state index in [9.17, 15) is 23.3 Å². The molecule has 6 nitrogen and oxygen atoms in total. The molecule has 9 heteroatoms. The molecule has 146 valence electrons. The highest BCUT2D eigenvalue weighted by Crippen LogP contribution is 2.52. The van der Waals surface area contributed by atoms with Crippen molar-refractivity contribution in [3.05, 3.63) is 70.3 Å². The maximum absolute atomic E-state index is 13.9. The molecule has 3 aromatic rings. The van der Waals surface area contributed by atoms with Gasteiger partial charge in [-0.3, -0.25) is 15.0 Å². The van der Waals surface area contributed by atoms with Crippen LogP contribution in [0.15, 0.2) is 54.6 Å². The van der Waals surface area contributed by atoms with Gasteiger partial charge in [0, 0.05) is 28.3 Å². The summed E-state index contributed by atoms with van der Waals surface area (Å²) in [6.07, 6.45) is -4.59. The van der Waals surface area contributed by atoms with Crippen LogP contribution in [0.2, 0.25) is 0 Å². The van der Waals surface area contributed by atoms with Gasteiger partial charge >= 0.3 is 6.18 Å². The Bertz CT molecular complexity index is 1530. The monoisotopic (exact) mass is 406 g/mol. The van der Waals surface area contributed by atoms with E-state index in [0.717, 1.165) is 11.5 Å². The Morgan fingerprint density at radius 1 is 0.933 bits per heavy atom. The summed E-state index contributed by atoms with van der Waals surface area (Å²) in [5.74, 6) is 0.429. The minimum atomic E-state index is -4.59. The molecule has 0 bridgehead atoms. The van der Waals surface area contributed by atoms with Crippen LogP contribution in [0.4, 0.5) is 36.2 Å². The molecule has 0 aliphatic carbocycles. The lowest BCUT2D eigenvalue weighted by atomic mass is 9.96. The van der Waals surface area contributed by atoms with Crippen molar-refractivity contribution in [1.29, 1.82) is 0 Å². The van der Waals surface area contributed by atoms with Crippen molar-refractivity contribution >= 4 is 55.6 Å². The fourth-order valence-electron chi connectivity index (χ4n) is 4.18. The van der Waals surface area contributed by atoms with Crippen LogP contribution in [0.3, 0.4) is 0 Å². The second-order valence-corrected chi connectivity index (χ2v) is 7.09. The van der Waals surface area contributed by atoms with Gasteiger partial charge in [-0.15, -0.1) is 0 Å². The van der Waals surface area contributed by atoms with Crippen molar-refractivity contribution in [1.82, 2.24) is 9.97 Å². The highest BCUT2D eigenvalue weighted by atomic mass is 19.4. The van der Waals surface area contributed by atoms with E-state index in [-0.39, 0.29) is 22.4 Å². The van der Waals surface area contributed by atoms with Gasteiger partial charge in [-0.05, 0) is 23.6 Å². The van der Waals surface area contributed by atoms with E-state index in [4.69, 9.17) is 4.98 Å². The number of nitrogens with zero attached hydrogens (tertiary/aromatic N) is 4. The molecular weight excluding hydrogens is 397 g/mol. The standard InChI is InChI=1S/C21H9F3N4O2/c22-21(23,24)14-9-17-25-16-8-11(28(29)30)5-7-13(16)20-26-15-3-1-2-10-4-6-12(14)19(18(10)15)27(17)20/h1-9H. The van der Waals surface area contributed by atoms with E-state index in [2.05, 4.69) is 4.98 Å². The molecule has 0 spiro atoms. The van der Waals surface area contributed by atoms with Crippen LogP contribution in [0, 0.1) is 10.1 Å². The Morgan fingerprint density at radius 3 is 2.50 bits per heavy atom. The van der Waals surface area contributed by atoms with E-state index in [1.807, 2.05) is 6.07 Å². The van der Waals surface area contributed by atoms with Crippen molar-refractivity contribution in [2.24, 2.45) is 0 Å². The maximum Gasteiger partial charge on any atom is 0.417 e. The highest BCUT2D eigenvalue weighted by Gasteiger charge is 2.39. The van der Waals surface area contributed by atoms with Gasteiger partial charge in [0.2, 0.25) is 0 Å². The number of aromatic nitrogens is 2. The van der Waals surface area contributed by atoms with E-state index in [0.29, 0.717) is 27.8 Å². The number of hydrogen-bond donors (Lipinski definition) is 0. The molecule has 0 aromatic heterocycles. The number of benzene rings is 3. The molecule has 30 heavy (non-hydrogen) atoms. The number of fused-ring (bicyclic) bond motifs is 2. The Morgan fingerprint density at radius 2 is 1.73 bits per heavy atom. The van der Waals surface area contributed by atoms with E-state index in [1.165, 1.54) is 24.3 Å². The first-order chi connectivity index (χ1) is 14.3. The van der Waals surface area contributed by atoms with Crippen LogP contribution in [0.25, 0.3) is 32.6 Å². The number of nitro groups is 1. The molecular formula is C21H9F3N4O2. The van der Waals surface area contributed by atoms with Gasteiger partial charge in [0.15, 0.2) is 0 Å². The quantitative estimate of drug-likeness (QED) is 0.244. The normalized spacial score (nSPS) is 13.4. The third-order valence-corrected chi connectivity index (χ3v) is 5.42. The molecule has 6 rings (SSSR count). The lowest BCUT2D eigenvalue weighted by Crippen LogP contribution is -2.22. The first-order valence-corrected chi connectivity index (χ1v) is 8.94. The van der Waals surface area contributed by atoms with Gasteiger partial charge in [-0.25, -0.2) is 9.97 Å². The Hall–Kier alpha value is -4.01. The SMILES string of the molecule is O=[N+]([O-])c1ccc2c3nc4cccc5ccc6c(C(F)(F)F)cc(nc2c1)N3c6c54. The molecule has 0 unspecified atom stereocenters. The van der Waals surface area contributed by atoms with E-state index < -0.39 is 16.7 Å². The average molecular weight is 406 g/mol. The number of nitro benzene ring substituents is 1. The Kier molecular flexibility index (Phi) is 3.00. The van der Waals surface area contributed by atoms with Gasteiger partial charge in [0.25, 0.3) is 5.69 Å². The third kappa shape index (κ3) is 2.08. The lowest BCUT2D eigenvalue weighted by molar-refractivity contribution is -0.384. The van der Waals surface area contributed by atoms with Crippen LogP contribution in [0.5, 0.6) is 0 Å². The molecule has 3 aliphatic heterocycles. The summed E-state index contributed by atoms with van der Waals surface area (Å²) < 4.78 is 41.7. The first kappa shape index (κ1) is 16.9. The zero-order valence-electron chi connectivity index (χ0n) is 14.9. The van der Waals surface area contributed by atoms with Crippen molar-refractivity contribution < 1.29 is 18.1 Å². The van der Waals surface area contributed by atoms with Crippen LogP contribution in [-0.4, -0.2) is 14.9 Å².